The number of hydrogen-bond acceptors (Lipinski definition) is 3. The summed E-state index contributed by atoms with van der Waals surface area (Å²) in [5, 5.41) is 11.3. The van der Waals surface area contributed by atoms with Crippen molar-refractivity contribution in [3.63, 3.8) is 0 Å². The van der Waals surface area contributed by atoms with Crippen LogP contribution in [0, 0.1) is 0 Å². The number of nitrogens with one attached hydrogen (secondary N) is 1. The smallest absolute Gasteiger partial charge is 0.220 e. The second-order valence-electron chi connectivity index (χ2n) is 3.34. The van der Waals surface area contributed by atoms with Crippen LogP contribution in [0.1, 0.15) is 12.8 Å². The summed E-state index contributed by atoms with van der Waals surface area (Å²) in [4.78, 5) is 12.5. The zero-order valence-electron chi connectivity index (χ0n) is 9.19. The van der Waals surface area contributed by atoms with E-state index in [1.807, 2.05) is 30.3 Å². The lowest BCUT2D eigenvalue weighted by atomic mass is 10.4. The molecule has 0 saturated carbocycles. The van der Waals surface area contributed by atoms with Crippen LogP contribution in [0.4, 0.5) is 0 Å². The van der Waals surface area contributed by atoms with E-state index >= 15 is 0 Å². The van der Waals surface area contributed by atoms with E-state index in [-0.39, 0.29) is 12.5 Å². The molecule has 0 aromatic heterocycles. The van der Waals surface area contributed by atoms with Crippen LogP contribution in [0.25, 0.3) is 0 Å². The zero-order valence-corrected chi connectivity index (χ0v) is 10.0. The Kier molecular flexibility index (Phi) is 6.69. The Morgan fingerprint density at radius 2 is 2.06 bits per heavy atom. The fourth-order valence-electron chi connectivity index (χ4n) is 1.17. The van der Waals surface area contributed by atoms with Gasteiger partial charge in [-0.25, -0.2) is 0 Å². The Hall–Kier alpha value is -1.00. The molecule has 0 spiro atoms. The van der Waals surface area contributed by atoms with Crippen molar-refractivity contribution < 1.29 is 9.90 Å². The van der Waals surface area contributed by atoms with E-state index in [2.05, 4.69) is 5.32 Å². The van der Waals surface area contributed by atoms with Gasteiger partial charge in [0.1, 0.15) is 0 Å². The summed E-state index contributed by atoms with van der Waals surface area (Å²) in [6.45, 7) is 0.685. The van der Waals surface area contributed by atoms with Crippen LogP contribution in [0.5, 0.6) is 0 Å². The maximum atomic E-state index is 11.3. The molecule has 2 N–H and O–H groups in total. The van der Waals surface area contributed by atoms with Gasteiger partial charge in [0.2, 0.25) is 5.91 Å². The Morgan fingerprint density at radius 3 is 2.75 bits per heavy atom. The molecule has 88 valence electrons. The Bertz CT molecular complexity index is 303. The molecule has 3 nitrogen and oxygen atoms in total. The Labute approximate surface area is 100 Å². The molecule has 0 aliphatic carbocycles. The summed E-state index contributed by atoms with van der Waals surface area (Å²) in [6, 6.07) is 10.0. The third-order valence-electron chi connectivity index (χ3n) is 2.00. The third-order valence-corrected chi connectivity index (χ3v) is 3.01. The van der Waals surface area contributed by atoms with Gasteiger partial charge < -0.3 is 10.4 Å². The van der Waals surface area contributed by atoms with Gasteiger partial charge in [0, 0.05) is 30.2 Å². The second-order valence-corrected chi connectivity index (χ2v) is 4.51. The lowest BCUT2D eigenvalue weighted by molar-refractivity contribution is -0.120. The van der Waals surface area contributed by atoms with Crippen LogP contribution in [0.2, 0.25) is 0 Å². The van der Waals surface area contributed by atoms with Gasteiger partial charge in [0.15, 0.2) is 0 Å². The molecule has 1 amide bonds. The van der Waals surface area contributed by atoms with Gasteiger partial charge in [-0.3, -0.25) is 4.79 Å². The number of amides is 1. The summed E-state index contributed by atoms with van der Waals surface area (Å²) in [7, 11) is 0. The maximum Gasteiger partial charge on any atom is 0.220 e. The van der Waals surface area contributed by atoms with Crippen molar-refractivity contribution in [1.82, 2.24) is 5.32 Å². The number of aliphatic hydroxyl groups is 1. The normalized spacial score (nSPS) is 10.1. The van der Waals surface area contributed by atoms with Crippen LogP contribution in [0.3, 0.4) is 0 Å². The highest BCUT2D eigenvalue weighted by molar-refractivity contribution is 7.99. The molecular formula is C12H17NO2S. The maximum absolute atomic E-state index is 11.3. The first-order valence-electron chi connectivity index (χ1n) is 5.38. The van der Waals surface area contributed by atoms with E-state index in [9.17, 15) is 4.79 Å². The molecule has 0 aliphatic heterocycles. The molecule has 0 unspecified atom stereocenters. The molecule has 16 heavy (non-hydrogen) atoms. The number of rotatable bonds is 7. The van der Waals surface area contributed by atoms with E-state index in [1.54, 1.807) is 11.8 Å². The molecule has 0 fully saturated rings. The predicted octanol–water partition coefficient (Wildman–Crippen LogP) is 1.67. The average molecular weight is 239 g/mol. The number of benzene rings is 1. The van der Waals surface area contributed by atoms with Gasteiger partial charge >= 0.3 is 0 Å². The van der Waals surface area contributed by atoms with E-state index in [4.69, 9.17) is 5.11 Å². The highest BCUT2D eigenvalue weighted by atomic mass is 32.2. The summed E-state index contributed by atoms with van der Waals surface area (Å²) in [5.41, 5.74) is 0. The molecule has 0 aliphatic rings. The highest BCUT2D eigenvalue weighted by Crippen LogP contribution is 2.17. The lowest BCUT2D eigenvalue weighted by Gasteiger charge is -2.03. The van der Waals surface area contributed by atoms with E-state index in [0.717, 1.165) is 5.75 Å². The van der Waals surface area contributed by atoms with Crippen molar-refractivity contribution in [1.29, 1.82) is 0 Å². The van der Waals surface area contributed by atoms with Gasteiger partial charge in [-0.15, -0.1) is 11.8 Å². The first kappa shape index (κ1) is 13.1. The summed E-state index contributed by atoms with van der Waals surface area (Å²) >= 11 is 1.68. The minimum Gasteiger partial charge on any atom is -0.396 e. The minimum absolute atomic E-state index is 0.0527. The lowest BCUT2D eigenvalue weighted by Crippen LogP contribution is -2.25. The van der Waals surface area contributed by atoms with E-state index < -0.39 is 0 Å². The summed E-state index contributed by atoms with van der Waals surface area (Å²) in [6.07, 6.45) is 1.14. The van der Waals surface area contributed by atoms with Gasteiger partial charge in [0.25, 0.3) is 0 Å². The number of carbonyl (C=O) groups is 1. The molecule has 1 rings (SSSR count). The number of carbonyl (C=O) groups excluding carboxylic acids is 1. The quantitative estimate of drug-likeness (QED) is 0.562. The molecule has 0 radical (unpaired) electrons. The molecule has 4 heteroatoms. The van der Waals surface area contributed by atoms with Crippen LogP contribution in [-0.4, -0.2) is 29.9 Å². The number of aliphatic hydroxyl groups excluding tert-OH is 1. The fourth-order valence-corrected chi connectivity index (χ4v) is 2.05. The largest absolute Gasteiger partial charge is 0.396 e. The zero-order chi connectivity index (χ0) is 11.6. The average Bonchev–Trinajstić information content (AvgIpc) is 2.31. The third kappa shape index (κ3) is 5.78. The molecule has 1 aromatic carbocycles. The van der Waals surface area contributed by atoms with Crippen molar-refractivity contribution in [2.24, 2.45) is 0 Å². The van der Waals surface area contributed by atoms with Crippen molar-refractivity contribution in [3.8, 4) is 0 Å². The van der Waals surface area contributed by atoms with Crippen LogP contribution < -0.4 is 5.32 Å². The first-order valence-corrected chi connectivity index (χ1v) is 6.37. The van der Waals surface area contributed by atoms with Gasteiger partial charge in [-0.2, -0.15) is 0 Å². The van der Waals surface area contributed by atoms with E-state index in [1.165, 1.54) is 4.90 Å². The SMILES string of the molecule is O=C(CCSc1ccccc1)NCCCO. The van der Waals surface area contributed by atoms with Crippen molar-refractivity contribution in [3.05, 3.63) is 30.3 Å². The van der Waals surface area contributed by atoms with Crippen molar-refractivity contribution in [2.45, 2.75) is 17.7 Å². The van der Waals surface area contributed by atoms with Crippen LogP contribution >= 0.6 is 11.8 Å². The molecule has 0 heterocycles. The Balaban J connectivity index is 2.09. The molecule has 0 saturated heterocycles. The predicted molar refractivity (Wildman–Crippen MR) is 66.5 cm³/mol. The van der Waals surface area contributed by atoms with Crippen LogP contribution in [0.15, 0.2) is 35.2 Å². The summed E-state index contributed by atoms with van der Waals surface area (Å²) in [5.74, 6) is 0.839. The molecule has 1 aromatic rings. The minimum atomic E-state index is 0.0527. The molecule has 0 atom stereocenters. The second kappa shape index (κ2) is 8.19. The van der Waals surface area contributed by atoms with Gasteiger partial charge in [-0.1, -0.05) is 18.2 Å². The monoisotopic (exact) mass is 239 g/mol. The van der Waals surface area contributed by atoms with Gasteiger partial charge in [0.05, 0.1) is 0 Å². The number of hydrogen-bond donors (Lipinski definition) is 2. The highest BCUT2D eigenvalue weighted by Gasteiger charge is 2.00. The van der Waals surface area contributed by atoms with Crippen LogP contribution in [-0.2, 0) is 4.79 Å². The topological polar surface area (TPSA) is 49.3 Å². The molecular weight excluding hydrogens is 222 g/mol. The number of thioether (sulfide) groups is 1. The van der Waals surface area contributed by atoms with Crippen molar-refractivity contribution >= 4 is 17.7 Å². The van der Waals surface area contributed by atoms with Gasteiger partial charge in [-0.05, 0) is 18.6 Å². The summed E-state index contributed by atoms with van der Waals surface area (Å²) < 4.78 is 0. The fraction of sp³-hybridized carbons (Fsp3) is 0.417. The Morgan fingerprint density at radius 1 is 1.31 bits per heavy atom. The molecule has 0 bridgehead atoms. The standard InChI is InChI=1S/C12H17NO2S/c14-9-4-8-13-12(15)7-10-16-11-5-2-1-3-6-11/h1-3,5-6,14H,4,7-10H2,(H,13,15). The van der Waals surface area contributed by atoms with Crippen molar-refractivity contribution in [2.75, 3.05) is 18.9 Å². The first-order chi connectivity index (χ1) is 7.83. The van der Waals surface area contributed by atoms with E-state index in [0.29, 0.717) is 19.4 Å².